The van der Waals surface area contributed by atoms with Gasteiger partial charge in [0.15, 0.2) is 5.76 Å². The Labute approximate surface area is 217 Å². The summed E-state index contributed by atoms with van der Waals surface area (Å²) in [6.45, 7) is 11.9. The molecule has 8 heteroatoms. The zero-order valence-electron chi connectivity index (χ0n) is 21.9. The first-order valence-electron chi connectivity index (χ1n) is 12.9. The van der Waals surface area contributed by atoms with Crippen LogP contribution < -0.4 is 0 Å². The maximum atomic E-state index is 13.5. The third kappa shape index (κ3) is 4.55. The highest BCUT2D eigenvalue weighted by Gasteiger charge is 2.46. The number of aliphatic hydroxyl groups excluding tert-OH is 1. The number of aromatic nitrogens is 2. The van der Waals surface area contributed by atoms with Crippen LogP contribution in [-0.2, 0) is 14.3 Å². The van der Waals surface area contributed by atoms with Crippen LogP contribution in [0, 0.1) is 13.8 Å². The molecule has 2 aliphatic rings. The van der Waals surface area contributed by atoms with Gasteiger partial charge in [0.2, 0.25) is 0 Å². The second kappa shape index (κ2) is 10.1. The van der Waals surface area contributed by atoms with Crippen LogP contribution in [0.3, 0.4) is 0 Å². The molecule has 8 nitrogen and oxygen atoms in total. The van der Waals surface area contributed by atoms with Crippen molar-refractivity contribution in [3.05, 3.63) is 76.2 Å². The van der Waals surface area contributed by atoms with E-state index in [1.807, 2.05) is 56.4 Å². The topological polar surface area (TPSA) is 87.4 Å². The van der Waals surface area contributed by atoms with E-state index >= 15 is 0 Å². The van der Waals surface area contributed by atoms with Gasteiger partial charge in [-0.05, 0) is 42.5 Å². The molecule has 37 heavy (non-hydrogen) atoms. The lowest BCUT2D eigenvalue weighted by atomic mass is 9.94. The molecule has 0 spiro atoms. The summed E-state index contributed by atoms with van der Waals surface area (Å²) in [6, 6.07) is 11.1. The quantitative estimate of drug-likeness (QED) is 0.313. The van der Waals surface area contributed by atoms with Crippen molar-refractivity contribution in [2.45, 2.75) is 39.7 Å². The summed E-state index contributed by atoms with van der Waals surface area (Å²) in [5.74, 6) is -1.10. The third-order valence-corrected chi connectivity index (χ3v) is 7.46. The van der Waals surface area contributed by atoms with E-state index in [1.54, 1.807) is 9.30 Å². The van der Waals surface area contributed by atoms with E-state index in [0.29, 0.717) is 49.3 Å². The SMILES string of the molecule is Cc1nc2c(C)cccn2c1/C(O)=C1\C(=O)C(=O)N(CCN2CCOCC2)[C@H]1c1ccc(C(C)C)cc1. The minimum atomic E-state index is -0.683. The van der Waals surface area contributed by atoms with E-state index in [1.165, 1.54) is 5.56 Å². The summed E-state index contributed by atoms with van der Waals surface area (Å²) in [7, 11) is 0. The van der Waals surface area contributed by atoms with Crippen molar-refractivity contribution in [1.82, 2.24) is 19.2 Å². The number of pyridine rings is 1. The van der Waals surface area contributed by atoms with Crippen LogP contribution >= 0.6 is 0 Å². The Morgan fingerprint density at radius 2 is 1.78 bits per heavy atom. The van der Waals surface area contributed by atoms with E-state index in [4.69, 9.17) is 4.74 Å². The number of Topliss-reactive ketones (excluding diaryl/α,β-unsaturated/α-hetero) is 1. The van der Waals surface area contributed by atoms with Gasteiger partial charge in [-0.1, -0.05) is 44.2 Å². The van der Waals surface area contributed by atoms with Crippen molar-refractivity contribution in [3.63, 3.8) is 0 Å². The van der Waals surface area contributed by atoms with Crippen molar-refractivity contribution >= 4 is 23.1 Å². The highest BCUT2D eigenvalue weighted by Crippen LogP contribution is 2.40. The molecule has 3 aromatic rings. The second-order valence-corrected chi connectivity index (χ2v) is 10.2. The lowest BCUT2D eigenvalue weighted by molar-refractivity contribution is -0.140. The summed E-state index contributed by atoms with van der Waals surface area (Å²) >= 11 is 0. The first-order chi connectivity index (χ1) is 17.8. The molecule has 0 unspecified atom stereocenters. The number of hydrogen-bond acceptors (Lipinski definition) is 6. The average molecular weight is 503 g/mol. The fraction of sp³-hybridized carbons (Fsp3) is 0.414. The van der Waals surface area contributed by atoms with Crippen molar-refractivity contribution in [1.29, 1.82) is 0 Å². The third-order valence-electron chi connectivity index (χ3n) is 7.46. The van der Waals surface area contributed by atoms with Gasteiger partial charge in [-0.2, -0.15) is 0 Å². The number of nitrogens with zero attached hydrogens (tertiary/aromatic N) is 4. The van der Waals surface area contributed by atoms with Gasteiger partial charge >= 0.3 is 0 Å². The molecule has 1 amide bonds. The Morgan fingerprint density at radius 1 is 1.08 bits per heavy atom. The highest BCUT2D eigenvalue weighted by molar-refractivity contribution is 6.46. The van der Waals surface area contributed by atoms with Crippen molar-refractivity contribution in [3.8, 4) is 0 Å². The summed E-state index contributed by atoms with van der Waals surface area (Å²) in [6.07, 6.45) is 1.82. The van der Waals surface area contributed by atoms with Gasteiger partial charge in [0, 0.05) is 32.4 Å². The monoisotopic (exact) mass is 502 g/mol. The molecule has 2 aromatic heterocycles. The molecule has 2 aliphatic heterocycles. The number of rotatable bonds is 6. The van der Waals surface area contributed by atoms with Crippen LogP contribution in [-0.4, -0.2) is 75.4 Å². The predicted molar refractivity (Wildman–Crippen MR) is 141 cm³/mol. The predicted octanol–water partition coefficient (Wildman–Crippen LogP) is 3.83. The molecular formula is C29H34N4O4. The van der Waals surface area contributed by atoms with Crippen LogP contribution in [0.1, 0.15) is 53.9 Å². The van der Waals surface area contributed by atoms with Gasteiger partial charge in [-0.3, -0.25) is 18.9 Å². The number of carbonyl (C=O) groups is 2. The first kappa shape index (κ1) is 25.2. The van der Waals surface area contributed by atoms with Crippen LogP contribution in [0.15, 0.2) is 48.2 Å². The van der Waals surface area contributed by atoms with Crippen LogP contribution in [0.5, 0.6) is 0 Å². The Kier molecular flexibility index (Phi) is 6.88. The summed E-state index contributed by atoms with van der Waals surface area (Å²) in [5, 5.41) is 11.7. The van der Waals surface area contributed by atoms with Crippen LogP contribution in [0.2, 0.25) is 0 Å². The zero-order valence-corrected chi connectivity index (χ0v) is 21.9. The molecule has 4 heterocycles. The van der Waals surface area contributed by atoms with Gasteiger partial charge in [0.25, 0.3) is 11.7 Å². The number of amides is 1. The molecule has 0 aliphatic carbocycles. The summed E-state index contributed by atoms with van der Waals surface area (Å²) in [4.78, 5) is 35.4. The average Bonchev–Trinajstić information content (AvgIpc) is 3.37. The first-order valence-corrected chi connectivity index (χ1v) is 12.9. The zero-order chi connectivity index (χ0) is 26.3. The fourth-order valence-corrected chi connectivity index (χ4v) is 5.32. The number of fused-ring (bicyclic) bond motifs is 1. The number of likely N-dealkylation sites (tertiary alicyclic amines) is 1. The van der Waals surface area contributed by atoms with Gasteiger partial charge in [-0.15, -0.1) is 0 Å². The Hall–Kier alpha value is -3.49. The van der Waals surface area contributed by atoms with Gasteiger partial charge in [0.1, 0.15) is 11.3 Å². The summed E-state index contributed by atoms with van der Waals surface area (Å²) in [5.41, 5.74) is 4.78. The number of aryl methyl sites for hydroxylation is 2. The standard InChI is InChI=1S/C29H34N4O4/c1-18(2)21-7-9-22(10-8-21)25-23(26(34)24-20(4)30-28-19(3)6-5-11-32(24)28)27(35)29(36)33(25)13-12-31-14-16-37-17-15-31/h5-11,18,25,34H,12-17H2,1-4H3/b26-23+/t25-/m0/s1. The van der Waals surface area contributed by atoms with E-state index in [0.717, 1.165) is 24.2 Å². The van der Waals surface area contributed by atoms with E-state index < -0.39 is 17.7 Å². The van der Waals surface area contributed by atoms with Crippen molar-refractivity contribution in [2.75, 3.05) is 39.4 Å². The lowest BCUT2D eigenvalue weighted by Crippen LogP contribution is -2.42. The summed E-state index contributed by atoms with van der Waals surface area (Å²) < 4.78 is 7.24. The molecule has 1 N–H and O–H groups in total. The molecule has 0 bridgehead atoms. The van der Waals surface area contributed by atoms with Crippen molar-refractivity contribution < 1.29 is 19.4 Å². The van der Waals surface area contributed by atoms with Crippen LogP contribution in [0.4, 0.5) is 0 Å². The number of carbonyl (C=O) groups excluding carboxylic acids is 2. The van der Waals surface area contributed by atoms with Gasteiger partial charge in [0.05, 0.1) is 30.5 Å². The molecule has 1 aromatic carbocycles. The van der Waals surface area contributed by atoms with Crippen LogP contribution in [0.25, 0.3) is 11.4 Å². The molecule has 2 fully saturated rings. The van der Waals surface area contributed by atoms with Gasteiger partial charge in [-0.25, -0.2) is 4.98 Å². The largest absolute Gasteiger partial charge is 0.505 e. The second-order valence-electron chi connectivity index (χ2n) is 10.2. The maximum absolute atomic E-state index is 13.5. The number of morpholine rings is 1. The van der Waals surface area contributed by atoms with E-state index in [2.05, 4.69) is 23.7 Å². The number of aliphatic hydroxyl groups is 1. The number of hydrogen-bond donors (Lipinski definition) is 1. The lowest BCUT2D eigenvalue weighted by Gasteiger charge is -2.31. The molecule has 194 valence electrons. The normalized spacial score (nSPS) is 20.5. The Balaban J connectivity index is 1.62. The number of ether oxygens (including phenoxy) is 1. The fourth-order valence-electron chi connectivity index (χ4n) is 5.32. The Bertz CT molecular complexity index is 1370. The van der Waals surface area contributed by atoms with Crippen molar-refractivity contribution in [2.24, 2.45) is 0 Å². The van der Waals surface area contributed by atoms with E-state index in [9.17, 15) is 14.7 Å². The number of imidazole rings is 1. The number of ketones is 1. The smallest absolute Gasteiger partial charge is 0.295 e. The number of benzene rings is 1. The van der Waals surface area contributed by atoms with E-state index in [-0.39, 0.29) is 11.3 Å². The Morgan fingerprint density at radius 3 is 2.46 bits per heavy atom. The maximum Gasteiger partial charge on any atom is 0.295 e. The molecule has 1 atom stereocenters. The van der Waals surface area contributed by atoms with Gasteiger partial charge < -0.3 is 14.7 Å². The molecule has 2 saturated heterocycles. The highest BCUT2D eigenvalue weighted by atomic mass is 16.5. The minimum Gasteiger partial charge on any atom is -0.505 e. The minimum absolute atomic E-state index is 0.107. The molecule has 5 rings (SSSR count). The molecule has 0 saturated carbocycles. The molecular weight excluding hydrogens is 468 g/mol. The molecule has 0 radical (unpaired) electrons.